The highest BCUT2D eigenvalue weighted by Crippen LogP contribution is 2.14. The third kappa shape index (κ3) is 4.71. The lowest BCUT2D eigenvalue weighted by molar-refractivity contribution is -0.138. The van der Waals surface area contributed by atoms with E-state index in [0.717, 1.165) is 11.1 Å². The first-order valence-corrected chi connectivity index (χ1v) is 6.20. The van der Waals surface area contributed by atoms with Gasteiger partial charge in [-0.05, 0) is 18.9 Å². The Labute approximate surface area is 113 Å². The zero-order valence-corrected chi connectivity index (χ0v) is 11.3. The number of carboxylic acids is 1. The van der Waals surface area contributed by atoms with Crippen LogP contribution >= 0.6 is 0 Å². The predicted octanol–water partition coefficient (Wildman–Crippen LogP) is 1.32. The van der Waals surface area contributed by atoms with Gasteiger partial charge < -0.3 is 15.7 Å². The molecule has 1 amide bonds. The summed E-state index contributed by atoms with van der Waals surface area (Å²) in [6, 6.07) is 6.79. The summed E-state index contributed by atoms with van der Waals surface area (Å²) in [7, 11) is 1.64. The van der Waals surface area contributed by atoms with E-state index in [4.69, 9.17) is 10.8 Å². The van der Waals surface area contributed by atoms with Crippen LogP contribution in [0.5, 0.6) is 0 Å². The number of aliphatic carboxylic acids is 1. The number of benzene rings is 1. The number of hydrogen-bond acceptors (Lipinski definition) is 3. The van der Waals surface area contributed by atoms with Gasteiger partial charge >= 0.3 is 5.97 Å². The van der Waals surface area contributed by atoms with Crippen LogP contribution in [-0.2, 0) is 9.59 Å². The number of nitrogens with zero attached hydrogens (tertiary/aromatic N) is 1. The summed E-state index contributed by atoms with van der Waals surface area (Å²) in [5.41, 5.74) is 7.79. The van der Waals surface area contributed by atoms with Crippen molar-refractivity contribution in [3.63, 3.8) is 0 Å². The van der Waals surface area contributed by atoms with E-state index in [2.05, 4.69) is 0 Å². The quantitative estimate of drug-likeness (QED) is 0.811. The lowest BCUT2D eigenvalue weighted by Crippen LogP contribution is -2.36. The molecule has 3 N–H and O–H groups in total. The van der Waals surface area contributed by atoms with Crippen LogP contribution < -0.4 is 5.73 Å². The van der Waals surface area contributed by atoms with Crippen molar-refractivity contribution in [2.24, 2.45) is 5.73 Å². The molecular weight excluding hydrogens is 244 g/mol. The molecule has 1 atom stereocenters. The highest BCUT2D eigenvalue weighted by molar-refractivity contribution is 5.82. The molecule has 1 aromatic rings. The summed E-state index contributed by atoms with van der Waals surface area (Å²) in [4.78, 5) is 23.9. The maximum absolute atomic E-state index is 12.1. The van der Waals surface area contributed by atoms with Crippen molar-refractivity contribution in [2.75, 3.05) is 13.6 Å². The number of aryl methyl sites for hydroxylation is 1. The smallest absolute Gasteiger partial charge is 0.303 e. The minimum Gasteiger partial charge on any atom is -0.481 e. The van der Waals surface area contributed by atoms with Gasteiger partial charge in [0.05, 0.1) is 0 Å². The van der Waals surface area contributed by atoms with Gasteiger partial charge in [0.25, 0.3) is 0 Å². The van der Waals surface area contributed by atoms with Crippen molar-refractivity contribution < 1.29 is 14.7 Å². The van der Waals surface area contributed by atoms with E-state index in [1.165, 1.54) is 4.90 Å². The Morgan fingerprint density at radius 3 is 2.42 bits per heavy atom. The van der Waals surface area contributed by atoms with E-state index < -0.39 is 12.0 Å². The van der Waals surface area contributed by atoms with Gasteiger partial charge in [0, 0.05) is 20.0 Å². The van der Waals surface area contributed by atoms with Gasteiger partial charge in [0.1, 0.15) is 6.04 Å². The van der Waals surface area contributed by atoms with E-state index in [-0.39, 0.29) is 12.3 Å². The summed E-state index contributed by atoms with van der Waals surface area (Å²) >= 11 is 0. The highest BCUT2D eigenvalue weighted by Gasteiger charge is 2.19. The van der Waals surface area contributed by atoms with Crippen LogP contribution in [0.1, 0.15) is 30.0 Å². The Kier molecular flexibility index (Phi) is 5.51. The molecule has 1 unspecified atom stereocenters. The number of likely N-dealkylation sites (N-methyl/N-ethyl adjacent to an activating group) is 1. The Morgan fingerprint density at radius 2 is 1.89 bits per heavy atom. The lowest BCUT2D eigenvalue weighted by Gasteiger charge is -2.21. The fourth-order valence-corrected chi connectivity index (χ4v) is 1.73. The van der Waals surface area contributed by atoms with Crippen LogP contribution in [0, 0.1) is 6.92 Å². The predicted molar refractivity (Wildman–Crippen MR) is 72.6 cm³/mol. The highest BCUT2D eigenvalue weighted by atomic mass is 16.4. The second-order valence-corrected chi connectivity index (χ2v) is 4.65. The topological polar surface area (TPSA) is 83.6 Å². The fraction of sp³-hybridized carbons (Fsp3) is 0.429. The average Bonchev–Trinajstić information content (AvgIpc) is 2.37. The molecule has 1 aromatic carbocycles. The van der Waals surface area contributed by atoms with Gasteiger partial charge in [-0.15, -0.1) is 0 Å². The molecule has 5 heteroatoms. The van der Waals surface area contributed by atoms with Crippen LogP contribution in [-0.4, -0.2) is 35.5 Å². The van der Waals surface area contributed by atoms with Crippen molar-refractivity contribution in [3.8, 4) is 0 Å². The molecule has 0 saturated heterocycles. The Balaban J connectivity index is 2.56. The number of carbonyl (C=O) groups excluding carboxylic acids is 1. The van der Waals surface area contributed by atoms with E-state index in [1.54, 1.807) is 7.05 Å². The first kappa shape index (κ1) is 15.2. The largest absolute Gasteiger partial charge is 0.481 e. The Hall–Kier alpha value is -1.88. The van der Waals surface area contributed by atoms with Crippen LogP contribution in [0.3, 0.4) is 0 Å². The maximum Gasteiger partial charge on any atom is 0.303 e. The fourth-order valence-electron chi connectivity index (χ4n) is 1.73. The van der Waals surface area contributed by atoms with Gasteiger partial charge in [-0.3, -0.25) is 9.59 Å². The molecule has 0 fully saturated rings. The van der Waals surface area contributed by atoms with Crippen LogP contribution in [0.2, 0.25) is 0 Å². The zero-order chi connectivity index (χ0) is 14.4. The molecule has 1 rings (SSSR count). The molecule has 0 aliphatic carbocycles. The average molecular weight is 264 g/mol. The number of carbonyl (C=O) groups is 2. The normalized spacial score (nSPS) is 11.9. The minimum absolute atomic E-state index is 0.0530. The summed E-state index contributed by atoms with van der Waals surface area (Å²) in [5, 5.41) is 8.55. The molecule has 5 nitrogen and oxygen atoms in total. The van der Waals surface area contributed by atoms with Gasteiger partial charge in [-0.25, -0.2) is 0 Å². The molecule has 0 radical (unpaired) electrons. The lowest BCUT2D eigenvalue weighted by atomic mass is 10.0. The number of carboxylic acid groups (broad SMARTS) is 1. The first-order valence-electron chi connectivity index (χ1n) is 6.20. The van der Waals surface area contributed by atoms with Crippen molar-refractivity contribution in [3.05, 3.63) is 35.4 Å². The third-order valence-corrected chi connectivity index (χ3v) is 2.96. The molecule has 0 spiro atoms. The zero-order valence-electron chi connectivity index (χ0n) is 11.3. The van der Waals surface area contributed by atoms with Gasteiger partial charge in [0.15, 0.2) is 0 Å². The van der Waals surface area contributed by atoms with E-state index >= 15 is 0 Å². The Morgan fingerprint density at radius 1 is 1.32 bits per heavy atom. The van der Waals surface area contributed by atoms with E-state index in [0.29, 0.717) is 13.0 Å². The molecule has 0 aliphatic rings. The van der Waals surface area contributed by atoms with Crippen molar-refractivity contribution in [1.82, 2.24) is 4.90 Å². The molecule has 0 aliphatic heterocycles. The van der Waals surface area contributed by atoms with Gasteiger partial charge in [0.2, 0.25) is 5.91 Å². The number of nitrogens with two attached hydrogens (primary N) is 1. The number of amides is 1. The van der Waals surface area contributed by atoms with Gasteiger partial charge in [-0.2, -0.15) is 0 Å². The van der Waals surface area contributed by atoms with Crippen molar-refractivity contribution >= 4 is 11.9 Å². The Bertz CT molecular complexity index is 443. The maximum atomic E-state index is 12.1. The summed E-state index contributed by atoms with van der Waals surface area (Å²) in [6.45, 7) is 2.36. The molecular formula is C14H20N2O3. The number of rotatable bonds is 6. The van der Waals surface area contributed by atoms with Crippen molar-refractivity contribution in [2.45, 2.75) is 25.8 Å². The standard InChI is InChI=1S/C14H20N2O3/c1-10-5-7-11(8-6-10)13(15)14(19)16(2)9-3-4-12(17)18/h5-8,13H,3-4,9,15H2,1-2H3,(H,17,18). The molecule has 19 heavy (non-hydrogen) atoms. The SMILES string of the molecule is Cc1ccc(C(N)C(=O)N(C)CCCC(=O)O)cc1. The summed E-state index contributed by atoms with van der Waals surface area (Å²) < 4.78 is 0. The van der Waals surface area contributed by atoms with Crippen molar-refractivity contribution in [1.29, 1.82) is 0 Å². The molecule has 0 aromatic heterocycles. The van der Waals surface area contributed by atoms with Gasteiger partial charge in [-0.1, -0.05) is 29.8 Å². The second-order valence-electron chi connectivity index (χ2n) is 4.65. The number of hydrogen-bond donors (Lipinski definition) is 2. The minimum atomic E-state index is -0.858. The van der Waals surface area contributed by atoms with Crippen LogP contribution in [0.15, 0.2) is 24.3 Å². The second kappa shape index (κ2) is 6.89. The first-order chi connectivity index (χ1) is 8.91. The summed E-state index contributed by atoms with van der Waals surface area (Å²) in [6.07, 6.45) is 0.482. The third-order valence-electron chi connectivity index (χ3n) is 2.96. The molecule has 0 saturated carbocycles. The van der Waals surface area contributed by atoms with Crippen LogP contribution in [0.4, 0.5) is 0 Å². The molecule has 0 heterocycles. The molecule has 104 valence electrons. The monoisotopic (exact) mass is 264 g/mol. The van der Waals surface area contributed by atoms with Crippen LogP contribution in [0.25, 0.3) is 0 Å². The summed E-state index contributed by atoms with van der Waals surface area (Å²) in [5.74, 6) is -1.06. The van der Waals surface area contributed by atoms with E-state index in [9.17, 15) is 9.59 Å². The van der Waals surface area contributed by atoms with E-state index in [1.807, 2.05) is 31.2 Å². The molecule has 0 bridgehead atoms.